The fraction of sp³-hybridized carbons (Fsp3) is 0.333. The minimum Gasteiger partial charge on any atom is -0.353 e. The van der Waals surface area contributed by atoms with Gasteiger partial charge in [0.15, 0.2) is 0 Å². The summed E-state index contributed by atoms with van der Waals surface area (Å²) in [5.41, 5.74) is 4.40. The first-order chi connectivity index (χ1) is 12.2. The molecule has 1 fully saturated rings. The molecule has 1 saturated heterocycles. The van der Waals surface area contributed by atoms with Crippen LogP contribution in [0.15, 0.2) is 36.1 Å². The molecule has 0 bridgehead atoms. The van der Waals surface area contributed by atoms with Crippen LogP contribution >= 0.6 is 11.3 Å². The Morgan fingerprint density at radius 3 is 2.96 bits per heavy atom. The molecule has 0 unspecified atom stereocenters. The van der Waals surface area contributed by atoms with Gasteiger partial charge in [-0.05, 0) is 31.5 Å². The molecule has 25 heavy (non-hydrogen) atoms. The van der Waals surface area contributed by atoms with Gasteiger partial charge >= 0.3 is 0 Å². The van der Waals surface area contributed by atoms with Crippen LogP contribution in [0.1, 0.15) is 22.5 Å². The van der Waals surface area contributed by atoms with Gasteiger partial charge in [0.2, 0.25) is 0 Å². The first-order valence-corrected chi connectivity index (χ1v) is 9.25. The number of hydrogen-bond donors (Lipinski definition) is 0. The van der Waals surface area contributed by atoms with Gasteiger partial charge in [0.1, 0.15) is 5.82 Å². The molecule has 4 rings (SSSR count). The van der Waals surface area contributed by atoms with Crippen LogP contribution in [0.2, 0.25) is 0 Å². The third kappa shape index (κ3) is 3.32. The molecular formula is C18H19N5OS. The highest BCUT2D eigenvalue weighted by Gasteiger charge is 2.21. The second kappa shape index (κ2) is 6.76. The standard InChI is InChI=1S/C18H19N5OS/c1-13-10-19-11-17(21-13)22-5-2-6-23(8-7-22)18(24)14-3-4-15-16(9-14)25-12-20-15/h3-4,9-12H,2,5-8H2,1H3. The third-order valence-electron chi connectivity index (χ3n) is 4.43. The van der Waals surface area contributed by atoms with Crippen molar-refractivity contribution in [3.63, 3.8) is 0 Å². The summed E-state index contributed by atoms with van der Waals surface area (Å²) in [4.78, 5) is 30.1. The molecule has 0 spiro atoms. The van der Waals surface area contributed by atoms with Crippen molar-refractivity contribution in [2.45, 2.75) is 13.3 Å². The average Bonchev–Trinajstić information content (AvgIpc) is 2.95. The average molecular weight is 353 g/mol. The number of anilines is 1. The quantitative estimate of drug-likeness (QED) is 0.709. The lowest BCUT2D eigenvalue weighted by molar-refractivity contribution is 0.0767. The predicted molar refractivity (Wildman–Crippen MR) is 99.1 cm³/mol. The summed E-state index contributed by atoms with van der Waals surface area (Å²) < 4.78 is 1.05. The summed E-state index contributed by atoms with van der Waals surface area (Å²) in [5, 5.41) is 0. The van der Waals surface area contributed by atoms with Gasteiger partial charge in [-0.25, -0.2) is 9.97 Å². The van der Waals surface area contributed by atoms with Crippen molar-refractivity contribution < 1.29 is 4.79 Å². The molecule has 2 aromatic heterocycles. The Labute approximate surface area is 150 Å². The van der Waals surface area contributed by atoms with E-state index in [0.29, 0.717) is 6.54 Å². The maximum atomic E-state index is 12.9. The Morgan fingerprint density at radius 1 is 1.16 bits per heavy atom. The Morgan fingerprint density at radius 2 is 2.08 bits per heavy atom. The normalized spacial score (nSPS) is 15.4. The number of rotatable bonds is 2. The lowest BCUT2D eigenvalue weighted by atomic mass is 10.2. The number of benzene rings is 1. The van der Waals surface area contributed by atoms with Gasteiger partial charge in [-0.1, -0.05) is 0 Å². The summed E-state index contributed by atoms with van der Waals surface area (Å²) >= 11 is 1.56. The third-order valence-corrected chi connectivity index (χ3v) is 5.22. The van der Waals surface area contributed by atoms with Gasteiger partial charge in [-0.3, -0.25) is 9.78 Å². The fourth-order valence-corrected chi connectivity index (χ4v) is 3.84. The molecule has 3 heterocycles. The zero-order chi connectivity index (χ0) is 17.2. The summed E-state index contributed by atoms with van der Waals surface area (Å²) in [6, 6.07) is 5.74. The highest BCUT2D eigenvalue weighted by molar-refractivity contribution is 7.16. The van der Waals surface area contributed by atoms with E-state index in [0.717, 1.165) is 53.3 Å². The van der Waals surface area contributed by atoms with Crippen LogP contribution in [0, 0.1) is 6.92 Å². The Kier molecular flexibility index (Phi) is 4.31. The molecule has 3 aromatic rings. The summed E-state index contributed by atoms with van der Waals surface area (Å²) in [7, 11) is 0. The van der Waals surface area contributed by atoms with Gasteiger partial charge in [0, 0.05) is 37.9 Å². The van der Waals surface area contributed by atoms with Gasteiger partial charge in [0.25, 0.3) is 5.91 Å². The molecule has 0 radical (unpaired) electrons. The van der Waals surface area contributed by atoms with Crippen LogP contribution in [-0.2, 0) is 0 Å². The smallest absolute Gasteiger partial charge is 0.253 e. The lowest BCUT2D eigenvalue weighted by Crippen LogP contribution is -2.35. The summed E-state index contributed by atoms with van der Waals surface area (Å²) in [6.45, 7) is 5.05. The first-order valence-electron chi connectivity index (χ1n) is 8.37. The number of nitrogens with zero attached hydrogens (tertiary/aromatic N) is 5. The minimum absolute atomic E-state index is 0.0903. The van der Waals surface area contributed by atoms with E-state index in [1.807, 2.05) is 35.5 Å². The molecule has 0 aliphatic carbocycles. The van der Waals surface area contributed by atoms with E-state index in [1.54, 1.807) is 23.7 Å². The Hall–Kier alpha value is -2.54. The first kappa shape index (κ1) is 16.0. The molecule has 1 aliphatic rings. The molecular weight excluding hydrogens is 334 g/mol. The molecule has 0 atom stereocenters. The largest absolute Gasteiger partial charge is 0.353 e. The maximum absolute atomic E-state index is 12.9. The van der Waals surface area contributed by atoms with Crippen molar-refractivity contribution in [3.05, 3.63) is 47.4 Å². The second-order valence-corrected chi connectivity index (χ2v) is 7.07. The molecule has 128 valence electrons. The molecule has 1 aromatic carbocycles. The van der Waals surface area contributed by atoms with E-state index < -0.39 is 0 Å². The van der Waals surface area contributed by atoms with E-state index in [1.165, 1.54) is 0 Å². The zero-order valence-electron chi connectivity index (χ0n) is 14.1. The molecule has 1 aliphatic heterocycles. The van der Waals surface area contributed by atoms with Crippen LogP contribution in [-0.4, -0.2) is 51.9 Å². The zero-order valence-corrected chi connectivity index (χ0v) is 14.9. The van der Waals surface area contributed by atoms with Gasteiger partial charge in [0.05, 0.1) is 27.6 Å². The van der Waals surface area contributed by atoms with Crippen molar-refractivity contribution in [1.29, 1.82) is 0 Å². The highest BCUT2D eigenvalue weighted by atomic mass is 32.1. The van der Waals surface area contributed by atoms with E-state index in [4.69, 9.17) is 0 Å². The second-order valence-electron chi connectivity index (χ2n) is 6.19. The molecule has 0 N–H and O–H groups in total. The lowest BCUT2D eigenvalue weighted by Gasteiger charge is -2.23. The van der Waals surface area contributed by atoms with E-state index in [2.05, 4.69) is 19.9 Å². The van der Waals surface area contributed by atoms with Crippen molar-refractivity contribution in [2.24, 2.45) is 0 Å². The van der Waals surface area contributed by atoms with E-state index in [9.17, 15) is 4.79 Å². The van der Waals surface area contributed by atoms with Gasteiger partial charge in [-0.2, -0.15) is 0 Å². The Balaban J connectivity index is 1.49. The summed E-state index contributed by atoms with van der Waals surface area (Å²) in [6.07, 6.45) is 4.47. The van der Waals surface area contributed by atoms with Crippen LogP contribution in [0.4, 0.5) is 5.82 Å². The van der Waals surface area contributed by atoms with Gasteiger partial charge in [-0.15, -0.1) is 11.3 Å². The number of hydrogen-bond acceptors (Lipinski definition) is 6. The van der Waals surface area contributed by atoms with Gasteiger partial charge < -0.3 is 9.80 Å². The number of fused-ring (bicyclic) bond motifs is 1. The van der Waals surface area contributed by atoms with E-state index >= 15 is 0 Å². The predicted octanol–water partition coefficient (Wildman–Crippen LogP) is 2.75. The van der Waals surface area contributed by atoms with Crippen molar-refractivity contribution in [3.8, 4) is 0 Å². The molecule has 0 saturated carbocycles. The number of carbonyl (C=O) groups is 1. The van der Waals surface area contributed by atoms with E-state index in [-0.39, 0.29) is 5.91 Å². The number of amides is 1. The van der Waals surface area contributed by atoms with Crippen LogP contribution in [0.25, 0.3) is 10.2 Å². The van der Waals surface area contributed by atoms with Crippen molar-refractivity contribution in [1.82, 2.24) is 19.9 Å². The SMILES string of the molecule is Cc1cncc(N2CCCN(C(=O)c3ccc4ncsc4c3)CC2)n1. The van der Waals surface area contributed by atoms with Crippen LogP contribution in [0.5, 0.6) is 0 Å². The number of thiazole rings is 1. The monoisotopic (exact) mass is 353 g/mol. The number of carbonyl (C=O) groups excluding carboxylic acids is 1. The van der Waals surface area contributed by atoms with Crippen LogP contribution in [0.3, 0.4) is 0 Å². The fourth-order valence-electron chi connectivity index (χ4n) is 3.12. The summed E-state index contributed by atoms with van der Waals surface area (Å²) in [5.74, 6) is 0.979. The number of aromatic nitrogens is 3. The van der Waals surface area contributed by atoms with Crippen molar-refractivity contribution in [2.75, 3.05) is 31.1 Å². The number of aryl methyl sites for hydroxylation is 1. The van der Waals surface area contributed by atoms with Crippen molar-refractivity contribution >= 4 is 33.3 Å². The maximum Gasteiger partial charge on any atom is 0.253 e. The minimum atomic E-state index is 0.0903. The van der Waals surface area contributed by atoms with Crippen LogP contribution < -0.4 is 4.90 Å². The molecule has 7 heteroatoms. The topological polar surface area (TPSA) is 62.2 Å². The molecule has 1 amide bonds. The molecule has 6 nitrogen and oxygen atoms in total. The highest BCUT2D eigenvalue weighted by Crippen LogP contribution is 2.21. The Bertz CT molecular complexity index is 909.